The predicted octanol–water partition coefficient (Wildman–Crippen LogP) is 1.37. The highest BCUT2D eigenvalue weighted by Gasteiger charge is 2.49. The van der Waals surface area contributed by atoms with Crippen molar-refractivity contribution in [3.63, 3.8) is 0 Å². The Morgan fingerprint density at radius 3 is 2.47 bits per heavy atom. The summed E-state index contributed by atoms with van der Waals surface area (Å²) in [4.78, 5) is 29.7. The Bertz CT molecular complexity index is 436. The van der Waals surface area contributed by atoms with Crippen LogP contribution in [0.15, 0.2) is 24.4 Å². The van der Waals surface area contributed by atoms with Gasteiger partial charge in [-0.3, -0.25) is 19.5 Å². The molecule has 0 unspecified atom stereocenters. The summed E-state index contributed by atoms with van der Waals surface area (Å²) in [7, 11) is 0. The quantitative estimate of drug-likeness (QED) is 0.721. The maximum absolute atomic E-state index is 12.1. The average molecular weight is 230 g/mol. The van der Waals surface area contributed by atoms with Crippen LogP contribution in [0, 0.1) is 11.8 Å². The zero-order valence-electron chi connectivity index (χ0n) is 9.50. The first-order valence-corrected chi connectivity index (χ1v) is 6.02. The summed E-state index contributed by atoms with van der Waals surface area (Å²) >= 11 is 0. The molecule has 88 valence electrons. The molecule has 0 aromatic carbocycles. The van der Waals surface area contributed by atoms with Crippen LogP contribution in [0.3, 0.4) is 0 Å². The van der Waals surface area contributed by atoms with E-state index in [1.54, 1.807) is 6.20 Å². The molecule has 1 saturated heterocycles. The first-order chi connectivity index (χ1) is 8.27. The number of hydrogen-bond acceptors (Lipinski definition) is 3. The molecule has 0 N–H and O–H groups in total. The number of nitrogens with zero attached hydrogens (tertiary/aromatic N) is 2. The minimum absolute atomic E-state index is 0.00292. The van der Waals surface area contributed by atoms with E-state index < -0.39 is 0 Å². The fourth-order valence-corrected chi connectivity index (χ4v) is 2.87. The summed E-state index contributed by atoms with van der Waals surface area (Å²) in [5.74, 6) is -0.0938. The maximum Gasteiger partial charge on any atom is 0.233 e. The van der Waals surface area contributed by atoms with Crippen LogP contribution in [0.4, 0.5) is 0 Å². The second-order valence-electron chi connectivity index (χ2n) is 4.73. The fraction of sp³-hybridized carbons (Fsp3) is 0.462. The lowest BCUT2D eigenvalue weighted by atomic mass is 10.00. The van der Waals surface area contributed by atoms with Crippen molar-refractivity contribution in [2.45, 2.75) is 25.8 Å². The Labute approximate surface area is 99.6 Å². The van der Waals surface area contributed by atoms with Gasteiger partial charge in [-0.2, -0.15) is 0 Å². The van der Waals surface area contributed by atoms with Crippen molar-refractivity contribution in [2.24, 2.45) is 11.8 Å². The van der Waals surface area contributed by atoms with Gasteiger partial charge >= 0.3 is 0 Å². The number of aromatic nitrogens is 1. The molecule has 4 nitrogen and oxygen atoms in total. The first-order valence-electron chi connectivity index (χ1n) is 6.02. The number of amides is 2. The maximum atomic E-state index is 12.1. The molecule has 1 aromatic rings. The minimum atomic E-state index is -0.0498. The summed E-state index contributed by atoms with van der Waals surface area (Å²) in [5.41, 5.74) is 0.772. The lowest BCUT2D eigenvalue weighted by Crippen LogP contribution is -2.31. The number of fused-ring (bicyclic) bond motifs is 1. The van der Waals surface area contributed by atoms with Crippen LogP contribution in [0.5, 0.6) is 0 Å². The molecule has 0 spiro atoms. The molecule has 2 fully saturated rings. The predicted molar refractivity (Wildman–Crippen MR) is 60.6 cm³/mol. The van der Waals surface area contributed by atoms with Gasteiger partial charge in [0.2, 0.25) is 11.8 Å². The highest BCUT2D eigenvalue weighted by molar-refractivity contribution is 6.05. The van der Waals surface area contributed by atoms with Gasteiger partial charge < -0.3 is 0 Å². The van der Waals surface area contributed by atoms with E-state index in [0.29, 0.717) is 6.54 Å². The van der Waals surface area contributed by atoms with E-state index in [2.05, 4.69) is 4.98 Å². The third-order valence-corrected chi connectivity index (χ3v) is 3.73. The topological polar surface area (TPSA) is 50.3 Å². The number of carbonyl (C=O) groups excluding carboxylic acids is 2. The summed E-state index contributed by atoms with van der Waals surface area (Å²) in [6.45, 7) is 0.325. The highest BCUT2D eigenvalue weighted by atomic mass is 16.2. The van der Waals surface area contributed by atoms with Gasteiger partial charge in [-0.1, -0.05) is 12.5 Å². The second kappa shape index (κ2) is 3.95. The van der Waals surface area contributed by atoms with Crippen LogP contribution >= 0.6 is 0 Å². The number of imide groups is 1. The monoisotopic (exact) mass is 230 g/mol. The van der Waals surface area contributed by atoms with Crippen molar-refractivity contribution in [2.75, 3.05) is 0 Å². The smallest absolute Gasteiger partial charge is 0.233 e. The number of carbonyl (C=O) groups is 2. The summed E-state index contributed by atoms with van der Waals surface area (Å²) in [6, 6.07) is 5.54. The SMILES string of the molecule is O=C1[C@H]2CCC[C@H]2C(=O)N1Cc1ccccn1. The van der Waals surface area contributed by atoms with Gasteiger partial charge in [0.1, 0.15) is 0 Å². The van der Waals surface area contributed by atoms with Crippen LogP contribution in [0.25, 0.3) is 0 Å². The number of rotatable bonds is 2. The molecule has 17 heavy (non-hydrogen) atoms. The number of hydrogen-bond donors (Lipinski definition) is 0. The van der Waals surface area contributed by atoms with Crippen LogP contribution in [0.2, 0.25) is 0 Å². The van der Waals surface area contributed by atoms with E-state index in [0.717, 1.165) is 25.0 Å². The van der Waals surface area contributed by atoms with Gasteiger partial charge in [0.05, 0.1) is 24.1 Å². The molecule has 3 rings (SSSR count). The molecular formula is C13H14N2O2. The third-order valence-electron chi connectivity index (χ3n) is 3.73. The first kappa shape index (κ1) is 10.4. The minimum Gasteiger partial charge on any atom is -0.276 e. The average Bonchev–Trinajstić information content (AvgIpc) is 2.91. The van der Waals surface area contributed by atoms with Gasteiger partial charge in [0.15, 0.2) is 0 Å². The Morgan fingerprint density at radius 2 is 1.88 bits per heavy atom. The highest BCUT2D eigenvalue weighted by Crippen LogP contribution is 2.40. The summed E-state index contributed by atoms with van der Waals surface area (Å²) < 4.78 is 0. The van der Waals surface area contributed by atoms with Gasteiger partial charge in [-0.15, -0.1) is 0 Å². The molecule has 0 bridgehead atoms. The van der Waals surface area contributed by atoms with Crippen molar-refractivity contribution in [3.8, 4) is 0 Å². The zero-order valence-corrected chi connectivity index (χ0v) is 9.50. The van der Waals surface area contributed by atoms with E-state index in [9.17, 15) is 9.59 Å². The van der Waals surface area contributed by atoms with Gasteiger partial charge in [0, 0.05) is 6.20 Å². The molecule has 2 aliphatic rings. The largest absolute Gasteiger partial charge is 0.276 e. The normalized spacial score (nSPS) is 27.6. The lowest BCUT2D eigenvalue weighted by Gasteiger charge is -2.14. The van der Waals surface area contributed by atoms with Crippen LogP contribution in [0.1, 0.15) is 25.0 Å². The Kier molecular flexibility index (Phi) is 2.42. The molecule has 4 heteroatoms. The van der Waals surface area contributed by atoms with Gasteiger partial charge in [0.25, 0.3) is 0 Å². The standard InChI is InChI=1S/C13H14N2O2/c16-12-10-5-3-6-11(10)13(17)15(12)8-9-4-1-2-7-14-9/h1-2,4,7,10-11H,3,5-6,8H2/t10-,11+. The van der Waals surface area contributed by atoms with Crippen molar-refractivity contribution < 1.29 is 9.59 Å². The van der Waals surface area contributed by atoms with E-state index in [-0.39, 0.29) is 23.7 Å². The molecule has 1 aliphatic carbocycles. The Morgan fingerprint density at radius 1 is 1.18 bits per heavy atom. The van der Waals surface area contributed by atoms with Gasteiger partial charge in [-0.25, -0.2) is 0 Å². The summed E-state index contributed by atoms with van der Waals surface area (Å²) in [6.07, 6.45) is 4.42. The molecule has 2 amide bonds. The summed E-state index contributed by atoms with van der Waals surface area (Å²) in [5, 5.41) is 0. The van der Waals surface area contributed by atoms with Crippen molar-refractivity contribution >= 4 is 11.8 Å². The fourth-order valence-electron chi connectivity index (χ4n) is 2.87. The Balaban J connectivity index is 1.81. The molecule has 0 radical (unpaired) electrons. The van der Waals surface area contributed by atoms with Crippen molar-refractivity contribution in [1.82, 2.24) is 9.88 Å². The molecule has 1 aliphatic heterocycles. The van der Waals surface area contributed by atoms with E-state index in [4.69, 9.17) is 0 Å². The van der Waals surface area contributed by atoms with Crippen LogP contribution in [-0.2, 0) is 16.1 Å². The lowest BCUT2D eigenvalue weighted by molar-refractivity contribution is -0.141. The zero-order chi connectivity index (χ0) is 11.8. The molecule has 1 aromatic heterocycles. The van der Waals surface area contributed by atoms with E-state index in [1.165, 1.54) is 4.90 Å². The third kappa shape index (κ3) is 1.64. The van der Waals surface area contributed by atoms with Gasteiger partial charge in [-0.05, 0) is 25.0 Å². The number of likely N-dealkylation sites (tertiary alicyclic amines) is 1. The van der Waals surface area contributed by atoms with E-state index >= 15 is 0 Å². The Hall–Kier alpha value is -1.71. The van der Waals surface area contributed by atoms with E-state index in [1.807, 2.05) is 18.2 Å². The second-order valence-corrected chi connectivity index (χ2v) is 4.73. The molecule has 2 atom stereocenters. The number of pyridine rings is 1. The molecular weight excluding hydrogens is 216 g/mol. The van der Waals surface area contributed by atoms with Crippen LogP contribution < -0.4 is 0 Å². The van der Waals surface area contributed by atoms with Crippen LogP contribution in [-0.4, -0.2) is 21.7 Å². The molecule has 1 saturated carbocycles. The molecule has 2 heterocycles. The van der Waals surface area contributed by atoms with Crippen molar-refractivity contribution in [3.05, 3.63) is 30.1 Å². The van der Waals surface area contributed by atoms with Crippen molar-refractivity contribution in [1.29, 1.82) is 0 Å².